The summed E-state index contributed by atoms with van der Waals surface area (Å²) in [5, 5.41) is 14.9. The number of aryl methyl sites for hydroxylation is 2. The highest BCUT2D eigenvalue weighted by atomic mass is 28.3. The summed E-state index contributed by atoms with van der Waals surface area (Å²) in [5.41, 5.74) is 5.02. The van der Waals surface area contributed by atoms with Gasteiger partial charge in [-0.15, -0.1) is 0 Å². The summed E-state index contributed by atoms with van der Waals surface area (Å²) >= 11 is 0. The second kappa shape index (κ2) is 16.6. The van der Waals surface area contributed by atoms with Crippen LogP contribution in [0.15, 0.2) is 158 Å². The molecule has 0 bridgehead atoms. The lowest BCUT2D eigenvalue weighted by molar-refractivity contribution is 0.148. The van der Waals surface area contributed by atoms with E-state index in [9.17, 15) is 0 Å². The van der Waals surface area contributed by atoms with Gasteiger partial charge in [-0.05, 0) is 87.6 Å². The number of hydrogen-bond acceptors (Lipinski definition) is 9. The van der Waals surface area contributed by atoms with E-state index in [0.717, 1.165) is 33.7 Å². The molecule has 9 nitrogen and oxygen atoms in total. The highest BCUT2D eigenvalue weighted by molar-refractivity contribution is 7.19. The van der Waals surface area contributed by atoms with Crippen molar-refractivity contribution >= 4 is 70.6 Å². The minimum Gasteiger partial charge on any atom is -0.491 e. The van der Waals surface area contributed by atoms with Gasteiger partial charge in [-0.2, -0.15) is 15.0 Å². The van der Waals surface area contributed by atoms with Gasteiger partial charge in [0.25, 0.3) is 0 Å². The number of aromatic nitrogens is 3. The molecule has 1 aromatic heterocycles. The zero-order valence-electron chi connectivity index (χ0n) is 31.6. The molecule has 1 atom stereocenters. The molecule has 56 heavy (non-hydrogen) atoms. The van der Waals surface area contributed by atoms with Crippen LogP contribution in [0.5, 0.6) is 5.75 Å². The standard InChI is InChI=1S/C45H43BN6O3Si/c1-32-27-33(2)29-36(28-32)49-45-51-43(47-3)50-44(52-45)48-35-21-23-37(24-22-35)53-30-38-31-54-46(55-38)34-19-25-42(26-20-34)56(39-13-7-4-8-14-39,40-15-9-5-10-16-40)41-17-11-6-12-18-41/h4-29,38H,30-31H2,1-3H3,(H3,47,48,49,50,51,52). The van der Waals surface area contributed by atoms with Crippen LogP contribution in [0.1, 0.15) is 11.1 Å². The molecule has 1 aliphatic heterocycles. The van der Waals surface area contributed by atoms with Gasteiger partial charge in [0.2, 0.25) is 17.8 Å². The Morgan fingerprint density at radius 2 is 1.11 bits per heavy atom. The van der Waals surface area contributed by atoms with Crippen molar-refractivity contribution in [1.29, 1.82) is 0 Å². The van der Waals surface area contributed by atoms with Crippen molar-refractivity contribution in [3.63, 3.8) is 0 Å². The van der Waals surface area contributed by atoms with Crippen LogP contribution in [-0.4, -0.2) is 56.5 Å². The molecule has 0 aliphatic carbocycles. The molecule has 11 heteroatoms. The lowest BCUT2D eigenvalue weighted by Crippen LogP contribution is -2.74. The van der Waals surface area contributed by atoms with Gasteiger partial charge in [0, 0.05) is 18.4 Å². The zero-order valence-corrected chi connectivity index (χ0v) is 32.6. The number of nitrogens with zero attached hydrogens (tertiary/aromatic N) is 3. The third kappa shape index (κ3) is 8.06. The van der Waals surface area contributed by atoms with Gasteiger partial charge in [0.1, 0.15) is 12.4 Å². The van der Waals surface area contributed by atoms with Crippen LogP contribution in [0, 0.1) is 13.8 Å². The molecule has 1 aliphatic rings. The molecule has 2 heterocycles. The molecule has 1 saturated heterocycles. The second-order valence-electron chi connectivity index (χ2n) is 13.9. The van der Waals surface area contributed by atoms with Crippen LogP contribution in [-0.2, 0) is 9.31 Å². The highest BCUT2D eigenvalue weighted by Crippen LogP contribution is 2.23. The Balaban J connectivity index is 0.919. The summed E-state index contributed by atoms with van der Waals surface area (Å²) in [6.07, 6.45) is -0.211. The van der Waals surface area contributed by atoms with Gasteiger partial charge < -0.3 is 30.0 Å². The van der Waals surface area contributed by atoms with Crippen molar-refractivity contribution in [3.8, 4) is 5.75 Å². The predicted octanol–water partition coefficient (Wildman–Crippen LogP) is 5.58. The summed E-state index contributed by atoms with van der Waals surface area (Å²) < 4.78 is 18.7. The van der Waals surface area contributed by atoms with Gasteiger partial charge in [0.05, 0.1) is 12.7 Å². The Hall–Kier alpha value is -6.27. The molecular weight excluding hydrogens is 711 g/mol. The highest BCUT2D eigenvalue weighted by Gasteiger charge is 2.42. The topological polar surface area (TPSA) is 102 Å². The van der Waals surface area contributed by atoms with E-state index in [0.29, 0.717) is 31.1 Å². The van der Waals surface area contributed by atoms with Gasteiger partial charge >= 0.3 is 7.12 Å². The molecular formula is C45H43BN6O3Si. The first-order chi connectivity index (χ1) is 27.5. The van der Waals surface area contributed by atoms with Gasteiger partial charge in [-0.1, -0.05) is 121 Å². The van der Waals surface area contributed by atoms with Crippen molar-refractivity contribution in [3.05, 3.63) is 169 Å². The maximum absolute atomic E-state index is 6.36. The van der Waals surface area contributed by atoms with E-state index in [1.54, 1.807) is 7.05 Å². The molecule has 0 radical (unpaired) electrons. The fourth-order valence-corrected chi connectivity index (χ4v) is 12.1. The molecule has 0 amide bonds. The lowest BCUT2D eigenvalue weighted by atomic mass is 9.79. The van der Waals surface area contributed by atoms with Crippen LogP contribution in [0.25, 0.3) is 0 Å². The van der Waals surface area contributed by atoms with Crippen LogP contribution >= 0.6 is 0 Å². The Labute approximate surface area is 329 Å². The summed E-state index contributed by atoms with van der Waals surface area (Å²) in [7, 11) is -1.29. The predicted molar refractivity (Wildman–Crippen MR) is 230 cm³/mol. The van der Waals surface area contributed by atoms with E-state index in [-0.39, 0.29) is 6.10 Å². The second-order valence-corrected chi connectivity index (χ2v) is 17.7. The monoisotopic (exact) mass is 754 g/mol. The molecule has 0 spiro atoms. The minimum absolute atomic E-state index is 0.211. The first kappa shape index (κ1) is 36.7. The molecule has 1 unspecified atom stereocenters. The van der Waals surface area contributed by atoms with Gasteiger partial charge in [0.15, 0.2) is 8.07 Å². The van der Waals surface area contributed by atoms with Gasteiger partial charge in [-0.25, -0.2) is 0 Å². The molecule has 8 rings (SSSR count). The molecule has 3 N–H and O–H groups in total. The quantitative estimate of drug-likeness (QED) is 0.103. The number of nitrogens with one attached hydrogen (secondary N) is 3. The smallest absolute Gasteiger partial charge is 0.491 e. The number of anilines is 5. The molecule has 7 aromatic rings. The van der Waals surface area contributed by atoms with E-state index in [1.165, 1.54) is 20.7 Å². The minimum atomic E-state index is -2.60. The van der Waals surface area contributed by atoms with E-state index in [1.807, 2.05) is 24.3 Å². The van der Waals surface area contributed by atoms with Crippen LogP contribution in [0.3, 0.4) is 0 Å². The zero-order chi connectivity index (χ0) is 38.3. The summed E-state index contributed by atoms with van der Waals surface area (Å²) in [4.78, 5) is 13.5. The Kier molecular flexibility index (Phi) is 10.9. The fourth-order valence-electron chi connectivity index (χ4n) is 7.39. The molecule has 0 saturated carbocycles. The number of rotatable bonds is 13. The normalized spacial score (nSPS) is 14.0. The third-order valence-corrected chi connectivity index (χ3v) is 14.7. The first-order valence-electron chi connectivity index (χ1n) is 18.8. The van der Waals surface area contributed by atoms with E-state index in [2.05, 4.69) is 178 Å². The van der Waals surface area contributed by atoms with E-state index < -0.39 is 15.2 Å². The van der Waals surface area contributed by atoms with Crippen molar-refractivity contribution in [2.75, 3.05) is 36.2 Å². The number of hydrogen-bond donors (Lipinski definition) is 3. The molecule has 6 aromatic carbocycles. The van der Waals surface area contributed by atoms with Crippen molar-refractivity contribution in [1.82, 2.24) is 15.0 Å². The van der Waals surface area contributed by atoms with Gasteiger partial charge in [-0.3, -0.25) is 0 Å². The van der Waals surface area contributed by atoms with Crippen LogP contribution in [0.2, 0.25) is 0 Å². The third-order valence-electron chi connectivity index (χ3n) is 9.87. The fraction of sp³-hybridized carbons (Fsp3) is 0.133. The average Bonchev–Trinajstić information content (AvgIpc) is 3.71. The maximum Gasteiger partial charge on any atom is 0.494 e. The number of ether oxygens (including phenoxy) is 1. The largest absolute Gasteiger partial charge is 0.494 e. The van der Waals surface area contributed by atoms with Crippen LogP contribution < -0.4 is 46.9 Å². The van der Waals surface area contributed by atoms with E-state index >= 15 is 0 Å². The Morgan fingerprint density at radius 1 is 0.607 bits per heavy atom. The average molecular weight is 755 g/mol. The molecule has 1 fully saturated rings. The number of benzene rings is 6. The lowest BCUT2D eigenvalue weighted by Gasteiger charge is -2.34. The Bertz CT molecular complexity index is 2260. The summed E-state index contributed by atoms with van der Waals surface area (Å²) in [6.45, 7) is 4.92. The van der Waals surface area contributed by atoms with E-state index in [4.69, 9.17) is 14.0 Å². The van der Waals surface area contributed by atoms with Crippen molar-refractivity contribution < 1.29 is 14.0 Å². The van der Waals surface area contributed by atoms with Crippen molar-refractivity contribution in [2.45, 2.75) is 20.0 Å². The van der Waals surface area contributed by atoms with Crippen LogP contribution in [0.4, 0.5) is 29.2 Å². The first-order valence-corrected chi connectivity index (χ1v) is 20.8. The summed E-state index contributed by atoms with van der Waals surface area (Å²) in [5.74, 6) is 2.02. The SMILES string of the molecule is CNc1nc(Nc2ccc(OCC3COB(c4ccc([Si](c5ccccc5)(c5ccccc5)c5ccccc5)cc4)O3)cc2)nc(Nc2cc(C)cc(C)c2)n1. The van der Waals surface area contributed by atoms with Crippen molar-refractivity contribution in [2.24, 2.45) is 0 Å². The molecule has 278 valence electrons. The Morgan fingerprint density at radius 3 is 1.64 bits per heavy atom. The summed E-state index contributed by atoms with van der Waals surface area (Å²) in [6, 6.07) is 55.5. The maximum atomic E-state index is 6.36.